The van der Waals surface area contributed by atoms with E-state index in [2.05, 4.69) is 4.99 Å². The Balaban J connectivity index is 1.64. The summed E-state index contributed by atoms with van der Waals surface area (Å²) in [6.07, 6.45) is 1.30. The summed E-state index contributed by atoms with van der Waals surface area (Å²) in [5.74, 6) is -0.992. The van der Waals surface area contributed by atoms with E-state index in [-0.39, 0.29) is 22.2 Å². The molecule has 0 saturated heterocycles. The SMILES string of the molecule is O=C1OC(c2ccc(-c3ccccc3)cc2)=N/C1=C\c1c(F)cccc1Cl. The molecule has 0 unspecified atom stereocenters. The highest BCUT2D eigenvalue weighted by molar-refractivity contribution is 6.32. The van der Waals surface area contributed by atoms with Gasteiger partial charge >= 0.3 is 5.97 Å². The van der Waals surface area contributed by atoms with E-state index in [0.29, 0.717) is 5.56 Å². The van der Waals surface area contributed by atoms with Crippen LogP contribution in [0.4, 0.5) is 4.39 Å². The predicted octanol–water partition coefficient (Wildman–Crippen LogP) is 5.49. The summed E-state index contributed by atoms with van der Waals surface area (Å²) in [4.78, 5) is 16.3. The van der Waals surface area contributed by atoms with Crippen molar-refractivity contribution >= 4 is 29.5 Å². The van der Waals surface area contributed by atoms with Gasteiger partial charge in [-0.25, -0.2) is 14.2 Å². The maximum absolute atomic E-state index is 13.9. The molecule has 1 aliphatic heterocycles. The Morgan fingerprint density at radius 2 is 1.52 bits per heavy atom. The minimum atomic E-state index is -0.642. The Hall–Kier alpha value is -3.24. The molecule has 0 saturated carbocycles. The zero-order valence-electron chi connectivity index (χ0n) is 14.0. The molecule has 0 atom stereocenters. The van der Waals surface area contributed by atoms with Gasteiger partial charge in [-0.3, -0.25) is 0 Å². The van der Waals surface area contributed by atoms with Gasteiger partial charge in [0, 0.05) is 11.1 Å². The second-order valence-corrected chi connectivity index (χ2v) is 6.32. The van der Waals surface area contributed by atoms with Gasteiger partial charge in [0.05, 0.1) is 5.02 Å². The van der Waals surface area contributed by atoms with Crippen molar-refractivity contribution in [3.8, 4) is 11.1 Å². The number of cyclic esters (lactones) is 1. The van der Waals surface area contributed by atoms with Gasteiger partial charge < -0.3 is 4.74 Å². The second-order valence-electron chi connectivity index (χ2n) is 5.91. The fourth-order valence-electron chi connectivity index (χ4n) is 2.75. The van der Waals surface area contributed by atoms with E-state index < -0.39 is 11.8 Å². The van der Waals surface area contributed by atoms with Gasteiger partial charge in [-0.1, -0.05) is 60.1 Å². The third-order valence-electron chi connectivity index (χ3n) is 4.14. The number of rotatable bonds is 3. The summed E-state index contributed by atoms with van der Waals surface area (Å²) < 4.78 is 19.2. The van der Waals surface area contributed by atoms with E-state index in [1.165, 1.54) is 18.2 Å². The van der Waals surface area contributed by atoms with E-state index in [1.54, 1.807) is 6.07 Å². The molecule has 4 rings (SSSR count). The molecule has 0 spiro atoms. The Labute approximate surface area is 160 Å². The standard InChI is InChI=1S/C22H13ClFNO2/c23-18-7-4-8-19(24)17(18)13-20-22(26)27-21(25-20)16-11-9-15(10-12-16)14-5-2-1-3-6-14/h1-13H/b20-13-. The van der Waals surface area contributed by atoms with Crippen LogP contribution < -0.4 is 0 Å². The molecule has 0 fully saturated rings. The molecule has 132 valence electrons. The average Bonchev–Trinajstić information content (AvgIpc) is 3.06. The van der Waals surface area contributed by atoms with Crippen LogP contribution in [-0.4, -0.2) is 11.9 Å². The first-order valence-corrected chi connectivity index (χ1v) is 8.62. The molecule has 27 heavy (non-hydrogen) atoms. The Morgan fingerprint density at radius 3 is 2.22 bits per heavy atom. The summed E-state index contributed by atoms with van der Waals surface area (Å²) in [5, 5.41) is 0.200. The van der Waals surface area contributed by atoms with Crippen molar-refractivity contribution in [2.24, 2.45) is 4.99 Å². The summed E-state index contributed by atoms with van der Waals surface area (Å²) in [7, 11) is 0. The Bertz CT molecular complexity index is 1050. The molecular formula is C22H13ClFNO2. The number of aliphatic imine (C=N–C) groups is 1. The summed E-state index contributed by atoms with van der Waals surface area (Å²) in [6, 6.07) is 21.7. The summed E-state index contributed by atoms with van der Waals surface area (Å²) >= 11 is 6.00. The average molecular weight is 378 g/mol. The zero-order valence-corrected chi connectivity index (χ0v) is 14.8. The van der Waals surface area contributed by atoms with Gasteiger partial charge in [0.15, 0.2) is 5.70 Å². The van der Waals surface area contributed by atoms with Crippen molar-refractivity contribution in [2.45, 2.75) is 0 Å². The fraction of sp³-hybridized carbons (Fsp3) is 0. The summed E-state index contributed by atoms with van der Waals surface area (Å²) in [6.45, 7) is 0. The molecule has 3 aromatic carbocycles. The van der Waals surface area contributed by atoms with E-state index in [9.17, 15) is 9.18 Å². The molecular weight excluding hydrogens is 365 g/mol. The van der Waals surface area contributed by atoms with E-state index in [1.807, 2.05) is 54.6 Å². The van der Waals surface area contributed by atoms with E-state index in [0.717, 1.165) is 11.1 Å². The Kier molecular flexibility index (Phi) is 4.57. The van der Waals surface area contributed by atoms with Crippen LogP contribution in [0.2, 0.25) is 5.02 Å². The number of ether oxygens (including phenoxy) is 1. The number of carbonyl (C=O) groups excluding carboxylic acids is 1. The van der Waals surface area contributed by atoms with Crippen LogP contribution in [-0.2, 0) is 9.53 Å². The quantitative estimate of drug-likeness (QED) is 0.447. The first-order chi connectivity index (χ1) is 13.1. The van der Waals surface area contributed by atoms with Crippen LogP contribution in [0.5, 0.6) is 0 Å². The molecule has 1 aliphatic rings. The smallest absolute Gasteiger partial charge is 0.363 e. The summed E-state index contributed by atoms with van der Waals surface area (Å²) in [5.41, 5.74) is 2.90. The predicted molar refractivity (Wildman–Crippen MR) is 104 cm³/mol. The van der Waals surface area contributed by atoms with Crippen LogP contribution >= 0.6 is 11.6 Å². The molecule has 0 bridgehead atoms. The lowest BCUT2D eigenvalue weighted by atomic mass is 10.0. The van der Waals surface area contributed by atoms with Crippen molar-refractivity contribution in [1.82, 2.24) is 0 Å². The highest BCUT2D eigenvalue weighted by atomic mass is 35.5. The number of nitrogens with zero attached hydrogens (tertiary/aromatic N) is 1. The molecule has 3 aromatic rings. The number of halogens is 2. The lowest BCUT2D eigenvalue weighted by Gasteiger charge is -2.03. The van der Waals surface area contributed by atoms with E-state index in [4.69, 9.17) is 16.3 Å². The molecule has 1 heterocycles. The van der Waals surface area contributed by atoms with Gasteiger partial charge in [0.25, 0.3) is 0 Å². The first kappa shape index (κ1) is 17.2. The first-order valence-electron chi connectivity index (χ1n) is 8.24. The van der Waals surface area contributed by atoms with Crippen molar-refractivity contribution in [3.63, 3.8) is 0 Å². The van der Waals surface area contributed by atoms with Crippen molar-refractivity contribution in [1.29, 1.82) is 0 Å². The van der Waals surface area contributed by atoms with Crippen LogP contribution in [0.15, 0.2) is 83.5 Å². The number of carbonyl (C=O) groups is 1. The van der Waals surface area contributed by atoms with Crippen LogP contribution in [0.1, 0.15) is 11.1 Å². The van der Waals surface area contributed by atoms with E-state index >= 15 is 0 Å². The van der Waals surface area contributed by atoms with Gasteiger partial charge in [0.1, 0.15) is 5.82 Å². The topological polar surface area (TPSA) is 38.7 Å². The zero-order chi connectivity index (χ0) is 18.8. The lowest BCUT2D eigenvalue weighted by Crippen LogP contribution is -2.05. The van der Waals surface area contributed by atoms with Gasteiger partial charge in [-0.15, -0.1) is 0 Å². The highest BCUT2D eigenvalue weighted by Gasteiger charge is 2.25. The molecule has 3 nitrogen and oxygen atoms in total. The molecule has 0 N–H and O–H groups in total. The third kappa shape index (κ3) is 3.52. The van der Waals surface area contributed by atoms with Gasteiger partial charge in [-0.2, -0.15) is 0 Å². The largest absolute Gasteiger partial charge is 0.402 e. The Morgan fingerprint density at radius 1 is 0.852 bits per heavy atom. The monoisotopic (exact) mass is 377 g/mol. The van der Waals surface area contributed by atoms with Crippen molar-refractivity contribution in [2.75, 3.05) is 0 Å². The molecule has 0 radical (unpaired) electrons. The number of hydrogen-bond acceptors (Lipinski definition) is 3. The van der Waals surface area contributed by atoms with Crippen LogP contribution in [0.25, 0.3) is 17.2 Å². The normalized spacial score (nSPS) is 15.0. The maximum atomic E-state index is 13.9. The minimum Gasteiger partial charge on any atom is -0.402 e. The lowest BCUT2D eigenvalue weighted by molar-refractivity contribution is -0.129. The van der Waals surface area contributed by atoms with Crippen molar-refractivity contribution < 1.29 is 13.9 Å². The molecule has 0 aromatic heterocycles. The highest BCUT2D eigenvalue weighted by Crippen LogP contribution is 2.26. The fourth-order valence-corrected chi connectivity index (χ4v) is 2.97. The molecule has 0 aliphatic carbocycles. The number of benzene rings is 3. The number of hydrogen-bond donors (Lipinski definition) is 0. The number of esters is 1. The van der Waals surface area contributed by atoms with Crippen LogP contribution in [0.3, 0.4) is 0 Å². The van der Waals surface area contributed by atoms with Gasteiger partial charge in [-0.05, 0) is 41.5 Å². The molecule has 5 heteroatoms. The minimum absolute atomic E-state index is 0.00383. The van der Waals surface area contributed by atoms with Crippen LogP contribution in [0, 0.1) is 5.82 Å². The van der Waals surface area contributed by atoms with Gasteiger partial charge in [0.2, 0.25) is 5.90 Å². The van der Waals surface area contributed by atoms with Crippen molar-refractivity contribution in [3.05, 3.63) is 100 Å². The third-order valence-corrected chi connectivity index (χ3v) is 4.47. The second kappa shape index (κ2) is 7.17. The molecule has 0 amide bonds. The maximum Gasteiger partial charge on any atom is 0.363 e.